The molecular formula is C16H15BrO6. The predicted octanol–water partition coefficient (Wildman–Crippen LogP) is 3.62. The van der Waals surface area contributed by atoms with Crippen LogP contribution in [0.4, 0.5) is 0 Å². The minimum atomic E-state index is -0.502. The van der Waals surface area contributed by atoms with Gasteiger partial charge in [-0.2, -0.15) is 0 Å². The summed E-state index contributed by atoms with van der Waals surface area (Å²) >= 11 is 3.35. The first kappa shape index (κ1) is 17.1. The van der Waals surface area contributed by atoms with Gasteiger partial charge in [0.25, 0.3) is 0 Å². The molecule has 1 aromatic carbocycles. The minimum Gasteiger partial charge on any atom is -0.490 e. The van der Waals surface area contributed by atoms with E-state index in [1.807, 2.05) is 6.92 Å². The van der Waals surface area contributed by atoms with E-state index in [1.54, 1.807) is 12.1 Å². The van der Waals surface area contributed by atoms with Crippen LogP contribution in [0.5, 0.6) is 11.5 Å². The Kier molecular flexibility index (Phi) is 5.81. The molecule has 0 aliphatic heterocycles. The molecule has 0 unspecified atom stereocenters. The van der Waals surface area contributed by atoms with Crippen molar-refractivity contribution >= 4 is 28.2 Å². The quantitative estimate of drug-likeness (QED) is 0.537. The van der Waals surface area contributed by atoms with E-state index < -0.39 is 5.97 Å². The maximum absolute atomic E-state index is 11.6. The van der Waals surface area contributed by atoms with E-state index in [2.05, 4.69) is 20.7 Å². The molecular weight excluding hydrogens is 368 g/mol. The number of carbonyl (C=O) groups is 2. The van der Waals surface area contributed by atoms with Gasteiger partial charge in [-0.05, 0) is 41.1 Å². The lowest BCUT2D eigenvalue weighted by atomic mass is 10.2. The molecule has 0 saturated carbocycles. The maximum Gasteiger partial charge on any atom is 0.341 e. The number of hydrogen-bond donors (Lipinski definition) is 0. The van der Waals surface area contributed by atoms with Crippen molar-refractivity contribution in [3.63, 3.8) is 0 Å². The van der Waals surface area contributed by atoms with Crippen LogP contribution >= 0.6 is 15.9 Å². The van der Waals surface area contributed by atoms with E-state index in [0.717, 1.165) is 6.29 Å². The van der Waals surface area contributed by atoms with E-state index in [0.29, 0.717) is 39.5 Å². The number of carbonyl (C=O) groups excluding carboxylic acids is 2. The molecule has 122 valence electrons. The fraction of sp³-hybridized carbons (Fsp3) is 0.250. The van der Waals surface area contributed by atoms with Crippen LogP contribution in [-0.4, -0.2) is 26.0 Å². The molecule has 1 heterocycles. The number of rotatable bonds is 7. The highest BCUT2D eigenvalue weighted by Crippen LogP contribution is 2.37. The van der Waals surface area contributed by atoms with Gasteiger partial charge in [-0.15, -0.1) is 0 Å². The summed E-state index contributed by atoms with van der Waals surface area (Å²) in [6, 6.07) is 4.71. The number of halogens is 1. The van der Waals surface area contributed by atoms with Crippen LogP contribution in [0.25, 0.3) is 0 Å². The molecule has 2 rings (SSSR count). The summed E-state index contributed by atoms with van der Waals surface area (Å²) in [6.45, 7) is 2.25. The molecule has 0 bridgehead atoms. The number of methoxy groups -OCH3 is 1. The third-order valence-electron chi connectivity index (χ3n) is 2.97. The fourth-order valence-corrected chi connectivity index (χ4v) is 2.52. The Balaban J connectivity index is 2.25. The SMILES string of the molecule is CCOc1cc(C=O)cc(Br)c1OCc1occc1C(=O)OC. The zero-order valence-electron chi connectivity index (χ0n) is 12.6. The first-order chi connectivity index (χ1) is 11.1. The van der Waals surface area contributed by atoms with Crippen LogP contribution in [0.2, 0.25) is 0 Å². The molecule has 0 radical (unpaired) electrons. The van der Waals surface area contributed by atoms with Crippen molar-refractivity contribution in [1.82, 2.24) is 0 Å². The van der Waals surface area contributed by atoms with Crippen LogP contribution in [-0.2, 0) is 11.3 Å². The lowest BCUT2D eigenvalue weighted by molar-refractivity contribution is 0.0595. The van der Waals surface area contributed by atoms with Crippen molar-refractivity contribution in [2.75, 3.05) is 13.7 Å². The molecule has 7 heteroatoms. The molecule has 0 spiro atoms. The van der Waals surface area contributed by atoms with Crippen LogP contribution in [0.3, 0.4) is 0 Å². The Hall–Kier alpha value is -2.28. The maximum atomic E-state index is 11.6. The summed E-state index contributed by atoms with van der Waals surface area (Å²) in [7, 11) is 1.29. The lowest BCUT2D eigenvalue weighted by Gasteiger charge is -2.14. The standard InChI is InChI=1S/C16H15BrO6/c1-3-21-13-7-10(8-18)6-12(17)15(13)23-9-14-11(4-5-22-14)16(19)20-2/h4-8H,3,9H2,1-2H3. The van der Waals surface area contributed by atoms with E-state index in [9.17, 15) is 9.59 Å². The van der Waals surface area contributed by atoms with Gasteiger partial charge >= 0.3 is 5.97 Å². The monoisotopic (exact) mass is 382 g/mol. The zero-order chi connectivity index (χ0) is 16.8. The molecule has 23 heavy (non-hydrogen) atoms. The van der Waals surface area contributed by atoms with Crippen molar-refractivity contribution in [3.05, 3.63) is 45.8 Å². The second-order valence-electron chi connectivity index (χ2n) is 4.42. The highest BCUT2D eigenvalue weighted by Gasteiger charge is 2.18. The predicted molar refractivity (Wildman–Crippen MR) is 85.1 cm³/mol. The second kappa shape index (κ2) is 7.82. The van der Waals surface area contributed by atoms with E-state index >= 15 is 0 Å². The zero-order valence-corrected chi connectivity index (χ0v) is 14.2. The molecule has 0 aliphatic rings. The molecule has 1 aromatic heterocycles. The Morgan fingerprint density at radius 3 is 2.78 bits per heavy atom. The van der Waals surface area contributed by atoms with Gasteiger partial charge in [0.2, 0.25) is 0 Å². The van der Waals surface area contributed by atoms with Gasteiger partial charge in [0.05, 0.1) is 24.5 Å². The molecule has 0 amide bonds. The van der Waals surface area contributed by atoms with Crippen molar-refractivity contribution in [2.24, 2.45) is 0 Å². The summed E-state index contributed by atoms with van der Waals surface area (Å²) in [5, 5.41) is 0. The highest BCUT2D eigenvalue weighted by molar-refractivity contribution is 9.10. The lowest BCUT2D eigenvalue weighted by Crippen LogP contribution is -2.06. The largest absolute Gasteiger partial charge is 0.490 e. The van der Waals surface area contributed by atoms with Gasteiger partial charge in [0.1, 0.15) is 18.5 Å². The minimum absolute atomic E-state index is 0.0105. The fourth-order valence-electron chi connectivity index (χ4n) is 1.94. The first-order valence-electron chi connectivity index (χ1n) is 6.79. The Morgan fingerprint density at radius 2 is 2.13 bits per heavy atom. The summed E-state index contributed by atoms with van der Waals surface area (Å²) in [4.78, 5) is 22.6. The number of benzene rings is 1. The number of hydrogen-bond acceptors (Lipinski definition) is 6. The first-order valence-corrected chi connectivity index (χ1v) is 7.59. The third-order valence-corrected chi connectivity index (χ3v) is 3.56. The second-order valence-corrected chi connectivity index (χ2v) is 5.27. The van der Waals surface area contributed by atoms with Crippen molar-refractivity contribution in [3.8, 4) is 11.5 Å². The van der Waals surface area contributed by atoms with Crippen LogP contribution in [0, 0.1) is 0 Å². The Labute approximate surface area is 141 Å². The average molecular weight is 383 g/mol. The van der Waals surface area contributed by atoms with Crippen LogP contribution in [0.1, 0.15) is 33.4 Å². The van der Waals surface area contributed by atoms with Crippen molar-refractivity contribution < 1.29 is 28.2 Å². The molecule has 0 saturated heterocycles. The molecule has 0 N–H and O–H groups in total. The molecule has 2 aromatic rings. The third kappa shape index (κ3) is 3.92. The summed E-state index contributed by atoms with van der Waals surface area (Å²) in [6.07, 6.45) is 2.11. The van der Waals surface area contributed by atoms with Crippen LogP contribution < -0.4 is 9.47 Å². The summed E-state index contributed by atoms with van der Waals surface area (Å²) in [5.41, 5.74) is 0.756. The Morgan fingerprint density at radius 1 is 1.35 bits per heavy atom. The molecule has 6 nitrogen and oxygen atoms in total. The average Bonchev–Trinajstić information content (AvgIpc) is 3.01. The van der Waals surface area contributed by atoms with E-state index in [-0.39, 0.29) is 6.61 Å². The van der Waals surface area contributed by atoms with E-state index in [1.165, 1.54) is 19.4 Å². The number of furan rings is 1. The Bertz CT molecular complexity index is 707. The van der Waals surface area contributed by atoms with Gasteiger partial charge in [0, 0.05) is 5.56 Å². The van der Waals surface area contributed by atoms with Crippen molar-refractivity contribution in [1.29, 1.82) is 0 Å². The van der Waals surface area contributed by atoms with Gasteiger partial charge < -0.3 is 18.6 Å². The number of ether oxygens (including phenoxy) is 3. The molecule has 0 atom stereocenters. The summed E-state index contributed by atoms with van der Waals surface area (Å²) in [5.74, 6) is 0.684. The normalized spacial score (nSPS) is 10.2. The van der Waals surface area contributed by atoms with E-state index in [4.69, 9.17) is 13.9 Å². The van der Waals surface area contributed by atoms with Gasteiger partial charge in [-0.1, -0.05) is 0 Å². The number of esters is 1. The molecule has 0 fully saturated rings. The van der Waals surface area contributed by atoms with Gasteiger partial charge in [-0.25, -0.2) is 4.79 Å². The summed E-state index contributed by atoms with van der Waals surface area (Å²) < 4.78 is 21.7. The van der Waals surface area contributed by atoms with Gasteiger partial charge in [0.15, 0.2) is 17.3 Å². The molecule has 0 aliphatic carbocycles. The van der Waals surface area contributed by atoms with Crippen LogP contribution in [0.15, 0.2) is 33.4 Å². The smallest absolute Gasteiger partial charge is 0.341 e. The topological polar surface area (TPSA) is 75.0 Å². The van der Waals surface area contributed by atoms with Gasteiger partial charge in [-0.3, -0.25) is 4.79 Å². The number of aldehydes is 1. The highest BCUT2D eigenvalue weighted by atomic mass is 79.9. The van der Waals surface area contributed by atoms with Crippen molar-refractivity contribution in [2.45, 2.75) is 13.5 Å².